The summed E-state index contributed by atoms with van der Waals surface area (Å²) in [6.07, 6.45) is 3.40. The van der Waals surface area contributed by atoms with E-state index >= 15 is 0 Å². The second-order valence-electron chi connectivity index (χ2n) is 5.51. The first-order valence-corrected chi connectivity index (χ1v) is 8.90. The maximum atomic E-state index is 12.2. The van der Waals surface area contributed by atoms with E-state index in [-0.39, 0.29) is 12.3 Å². The van der Waals surface area contributed by atoms with Crippen molar-refractivity contribution >= 4 is 33.9 Å². The Hall–Kier alpha value is -3.66. The van der Waals surface area contributed by atoms with Gasteiger partial charge in [0.05, 0.1) is 17.8 Å². The largest absolute Gasteiger partial charge is 0.326 e. The number of hydrogen-bond donors (Lipinski definition) is 2. The lowest BCUT2D eigenvalue weighted by Crippen LogP contribution is -2.14. The molecule has 10 heteroatoms. The van der Waals surface area contributed by atoms with Gasteiger partial charge in [0.2, 0.25) is 5.91 Å². The third-order valence-electron chi connectivity index (χ3n) is 3.56. The van der Waals surface area contributed by atoms with E-state index in [2.05, 4.69) is 36.1 Å². The van der Waals surface area contributed by atoms with E-state index in [1.165, 1.54) is 22.3 Å². The third kappa shape index (κ3) is 4.30. The molecule has 9 nitrogen and oxygen atoms in total. The van der Waals surface area contributed by atoms with Crippen molar-refractivity contribution in [1.82, 2.24) is 30.2 Å². The van der Waals surface area contributed by atoms with Gasteiger partial charge in [-0.15, -0.1) is 16.4 Å². The molecule has 0 saturated carbocycles. The number of benzene rings is 1. The molecule has 1 amide bonds. The molecule has 1 aromatic carbocycles. The predicted molar refractivity (Wildman–Crippen MR) is 101 cm³/mol. The van der Waals surface area contributed by atoms with Gasteiger partial charge >= 0.3 is 0 Å². The molecule has 2 N–H and O–H groups in total. The fourth-order valence-electron chi connectivity index (χ4n) is 2.34. The second kappa shape index (κ2) is 7.70. The van der Waals surface area contributed by atoms with Gasteiger partial charge in [-0.05, 0) is 46.8 Å². The first-order chi connectivity index (χ1) is 13.3. The zero-order valence-electron chi connectivity index (χ0n) is 14.0. The molecule has 0 radical (unpaired) electrons. The van der Waals surface area contributed by atoms with Gasteiger partial charge in [0.15, 0.2) is 5.13 Å². The van der Waals surface area contributed by atoms with Gasteiger partial charge in [-0.2, -0.15) is 0 Å². The summed E-state index contributed by atoms with van der Waals surface area (Å²) in [4.78, 5) is 20.9. The van der Waals surface area contributed by atoms with Crippen LogP contribution in [-0.4, -0.2) is 36.1 Å². The van der Waals surface area contributed by atoms with E-state index in [9.17, 15) is 4.79 Å². The smallest absolute Gasteiger partial charge is 0.230 e. The van der Waals surface area contributed by atoms with Crippen LogP contribution < -0.4 is 10.6 Å². The number of aromatic nitrogens is 6. The number of carbonyl (C=O) groups is 1. The molecular formula is C17H14N8OS. The lowest BCUT2D eigenvalue weighted by molar-refractivity contribution is -0.115. The van der Waals surface area contributed by atoms with Gasteiger partial charge in [-0.25, -0.2) is 14.6 Å². The van der Waals surface area contributed by atoms with E-state index in [1.807, 2.05) is 35.7 Å². The molecule has 3 aromatic heterocycles. The van der Waals surface area contributed by atoms with Crippen LogP contribution in [0.2, 0.25) is 0 Å². The van der Waals surface area contributed by atoms with E-state index < -0.39 is 0 Å². The summed E-state index contributed by atoms with van der Waals surface area (Å²) < 4.78 is 1.54. The van der Waals surface area contributed by atoms with Crippen LogP contribution in [0.3, 0.4) is 0 Å². The number of rotatable bonds is 6. The first kappa shape index (κ1) is 16.8. The summed E-state index contributed by atoms with van der Waals surface area (Å²) in [7, 11) is 0. The highest BCUT2D eigenvalue weighted by Crippen LogP contribution is 2.20. The lowest BCUT2D eigenvalue weighted by atomic mass is 10.2. The molecule has 27 heavy (non-hydrogen) atoms. The van der Waals surface area contributed by atoms with Crippen molar-refractivity contribution < 1.29 is 4.79 Å². The van der Waals surface area contributed by atoms with Crippen molar-refractivity contribution in [3.8, 4) is 5.69 Å². The van der Waals surface area contributed by atoms with Crippen molar-refractivity contribution in [3.63, 3.8) is 0 Å². The number of tetrazole rings is 1. The van der Waals surface area contributed by atoms with Crippen molar-refractivity contribution in [3.05, 3.63) is 66.1 Å². The normalized spacial score (nSPS) is 10.5. The Morgan fingerprint density at radius 1 is 1.15 bits per heavy atom. The Morgan fingerprint density at radius 2 is 2.04 bits per heavy atom. The molecule has 0 fully saturated rings. The molecule has 0 spiro atoms. The molecule has 0 saturated heterocycles. The van der Waals surface area contributed by atoms with Crippen LogP contribution in [0.5, 0.6) is 0 Å². The summed E-state index contributed by atoms with van der Waals surface area (Å²) in [6, 6.07) is 12.8. The Bertz CT molecular complexity index is 1010. The number of hydrogen-bond acceptors (Lipinski definition) is 8. The SMILES string of the molecule is O=C(Cc1csc(Nc2ccccn2)n1)Nc1ccc(-n2cnnn2)cc1. The third-order valence-corrected chi connectivity index (χ3v) is 4.36. The summed E-state index contributed by atoms with van der Waals surface area (Å²) in [5.74, 6) is 0.574. The molecule has 4 aromatic rings. The minimum atomic E-state index is -0.139. The molecule has 0 atom stereocenters. The van der Waals surface area contributed by atoms with E-state index in [0.717, 1.165) is 5.69 Å². The van der Waals surface area contributed by atoms with Crippen molar-refractivity contribution in [2.24, 2.45) is 0 Å². The van der Waals surface area contributed by atoms with Crippen molar-refractivity contribution in [2.75, 3.05) is 10.6 Å². The minimum absolute atomic E-state index is 0.139. The van der Waals surface area contributed by atoms with Crippen LogP contribution in [-0.2, 0) is 11.2 Å². The molecule has 134 valence electrons. The monoisotopic (exact) mass is 378 g/mol. The molecule has 0 bridgehead atoms. The summed E-state index contributed by atoms with van der Waals surface area (Å²) in [5, 5.41) is 19.5. The van der Waals surface area contributed by atoms with Crippen LogP contribution in [0.15, 0.2) is 60.4 Å². The predicted octanol–water partition coefficient (Wildman–Crippen LogP) is 2.44. The van der Waals surface area contributed by atoms with Crippen LogP contribution in [0.1, 0.15) is 5.69 Å². The standard InChI is InChI=1S/C17H14N8OS/c26-16(20-12-4-6-14(7-5-12)25-11-19-23-24-25)9-13-10-27-17(21-13)22-15-3-1-2-8-18-15/h1-8,10-11H,9H2,(H,20,26)(H,18,21,22). The molecule has 0 aliphatic carbocycles. The molecule has 3 heterocycles. The van der Waals surface area contributed by atoms with Gasteiger partial charge < -0.3 is 10.6 Å². The summed E-state index contributed by atoms with van der Waals surface area (Å²) in [5.41, 5.74) is 2.20. The van der Waals surface area contributed by atoms with E-state index in [1.54, 1.807) is 18.3 Å². The highest BCUT2D eigenvalue weighted by atomic mass is 32.1. The quantitative estimate of drug-likeness (QED) is 0.530. The van der Waals surface area contributed by atoms with Gasteiger partial charge in [-0.1, -0.05) is 6.07 Å². The van der Waals surface area contributed by atoms with Crippen LogP contribution >= 0.6 is 11.3 Å². The van der Waals surface area contributed by atoms with Crippen LogP contribution in [0, 0.1) is 0 Å². The average molecular weight is 378 g/mol. The Kier molecular flexibility index (Phi) is 4.79. The maximum Gasteiger partial charge on any atom is 0.230 e. The Balaban J connectivity index is 1.34. The second-order valence-corrected chi connectivity index (χ2v) is 6.37. The molecule has 0 aliphatic rings. The highest BCUT2D eigenvalue weighted by Gasteiger charge is 2.09. The zero-order valence-corrected chi connectivity index (χ0v) is 14.8. The van der Waals surface area contributed by atoms with Crippen LogP contribution in [0.25, 0.3) is 5.69 Å². The number of thiazole rings is 1. The number of nitrogens with one attached hydrogen (secondary N) is 2. The average Bonchev–Trinajstić information content (AvgIpc) is 3.36. The van der Waals surface area contributed by atoms with Gasteiger partial charge in [0, 0.05) is 17.3 Å². The van der Waals surface area contributed by atoms with E-state index in [0.29, 0.717) is 22.3 Å². The number of amides is 1. The van der Waals surface area contributed by atoms with Gasteiger partial charge in [-0.3, -0.25) is 4.79 Å². The summed E-state index contributed by atoms with van der Waals surface area (Å²) in [6.45, 7) is 0. The lowest BCUT2D eigenvalue weighted by Gasteiger charge is -2.05. The van der Waals surface area contributed by atoms with E-state index in [4.69, 9.17) is 0 Å². The fourth-order valence-corrected chi connectivity index (χ4v) is 3.06. The van der Waals surface area contributed by atoms with Crippen LogP contribution in [0.4, 0.5) is 16.6 Å². The minimum Gasteiger partial charge on any atom is -0.326 e. The number of anilines is 3. The number of nitrogens with zero attached hydrogens (tertiary/aromatic N) is 6. The van der Waals surface area contributed by atoms with Crippen molar-refractivity contribution in [2.45, 2.75) is 6.42 Å². The van der Waals surface area contributed by atoms with Crippen molar-refractivity contribution in [1.29, 1.82) is 0 Å². The number of pyridine rings is 1. The topological polar surface area (TPSA) is 111 Å². The van der Waals surface area contributed by atoms with Gasteiger partial charge in [0.25, 0.3) is 0 Å². The Labute approximate surface area is 158 Å². The number of carbonyl (C=O) groups excluding carboxylic acids is 1. The molecular weight excluding hydrogens is 364 g/mol. The highest BCUT2D eigenvalue weighted by molar-refractivity contribution is 7.13. The first-order valence-electron chi connectivity index (χ1n) is 8.02. The maximum absolute atomic E-state index is 12.2. The molecule has 4 rings (SSSR count). The molecule has 0 aliphatic heterocycles. The van der Waals surface area contributed by atoms with Gasteiger partial charge in [0.1, 0.15) is 12.1 Å². The Morgan fingerprint density at radius 3 is 2.78 bits per heavy atom. The summed E-state index contributed by atoms with van der Waals surface area (Å²) >= 11 is 1.43. The zero-order chi connectivity index (χ0) is 18.5. The fraction of sp³-hybridized carbons (Fsp3) is 0.0588. The molecule has 0 unspecified atom stereocenters.